The van der Waals surface area contributed by atoms with Gasteiger partial charge in [0.2, 0.25) is 6.41 Å². The van der Waals surface area contributed by atoms with Crippen LogP contribution in [0.15, 0.2) is 36.4 Å². The van der Waals surface area contributed by atoms with Gasteiger partial charge in [0.25, 0.3) is 0 Å². The Morgan fingerprint density at radius 2 is 1.83 bits per heavy atom. The molecule has 1 heterocycles. The van der Waals surface area contributed by atoms with Crippen molar-refractivity contribution < 1.29 is 30.6 Å². The van der Waals surface area contributed by atoms with Crippen molar-refractivity contribution >= 4 is 53.7 Å². The minimum absolute atomic E-state index is 0.191. The van der Waals surface area contributed by atoms with Gasteiger partial charge in [-0.25, -0.2) is 0 Å². The number of amides is 1. The number of fused-ring (bicyclic) bond motifs is 3. The van der Waals surface area contributed by atoms with Gasteiger partial charge in [-0.3, -0.25) is 4.79 Å². The van der Waals surface area contributed by atoms with Crippen LogP contribution < -0.4 is 9.50 Å². The molecule has 0 aliphatic rings. The van der Waals surface area contributed by atoms with Crippen molar-refractivity contribution in [2.75, 3.05) is 5.32 Å². The number of benzene rings is 2. The van der Waals surface area contributed by atoms with Gasteiger partial charge >= 0.3 is 15.6 Å². The van der Waals surface area contributed by atoms with Crippen LogP contribution in [0.4, 0.5) is 18.9 Å². The number of carbonyl (C=O) groups excluding carboxylic acids is 1. The van der Waals surface area contributed by atoms with Crippen LogP contribution in [0.1, 0.15) is 0 Å². The molecule has 0 aliphatic carbocycles. The highest BCUT2D eigenvalue weighted by Gasteiger charge is 2.48. The Kier molecular flexibility index (Phi) is 3.88. The fourth-order valence-electron chi connectivity index (χ4n) is 2.22. The third-order valence-corrected chi connectivity index (χ3v) is 5.34. The van der Waals surface area contributed by atoms with Gasteiger partial charge in [0.05, 0.1) is 10.4 Å². The maximum Gasteiger partial charge on any atom is 0.534 e. The summed E-state index contributed by atoms with van der Waals surface area (Å²) in [6, 6.07) is 9.26. The van der Waals surface area contributed by atoms with Crippen LogP contribution in [0.3, 0.4) is 0 Å². The van der Waals surface area contributed by atoms with Crippen molar-refractivity contribution in [1.82, 2.24) is 0 Å². The zero-order chi connectivity index (χ0) is 17.5. The van der Waals surface area contributed by atoms with Gasteiger partial charge in [0.15, 0.2) is 5.75 Å². The standard InChI is InChI=1S/C14H8F3NO4S2/c15-14(16,17)24(20,21)22-10-6-5-9(18-7-19)12-8-3-1-2-4-11(8)23-13(10)12/h1-7H,(H,18,19). The molecule has 0 atom stereocenters. The molecule has 0 bridgehead atoms. The first-order valence-corrected chi connectivity index (χ1v) is 8.62. The van der Waals surface area contributed by atoms with Gasteiger partial charge in [-0.05, 0) is 18.2 Å². The first-order chi connectivity index (χ1) is 11.2. The predicted molar refractivity (Wildman–Crippen MR) is 84.6 cm³/mol. The van der Waals surface area contributed by atoms with Crippen molar-refractivity contribution in [3.05, 3.63) is 36.4 Å². The van der Waals surface area contributed by atoms with E-state index >= 15 is 0 Å². The molecule has 24 heavy (non-hydrogen) atoms. The number of hydrogen-bond acceptors (Lipinski definition) is 5. The zero-order valence-corrected chi connectivity index (χ0v) is 13.3. The number of carbonyl (C=O) groups is 1. The second kappa shape index (κ2) is 5.64. The second-order valence-corrected chi connectivity index (χ2v) is 7.25. The molecule has 1 N–H and O–H groups in total. The van der Waals surface area contributed by atoms with Crippen molar-refractivity contribution in [3.8, 4) is 5.75 Å². The number of thiophene rings is 1. The molecule has 3 aromatic rings. The molecule has 1 aromatic heterocycles. The molecule has 1 amide bonds. The van der Waals surface area contributed by atoms with Crippen LogP contribution in [0.2, 0.25) is 0 Å². The van der Waals surface area contributed by atoms with E-state index in [-0.39, 0.29) is 4.70 Å². The lowest BCUT2D eigenvalue weighted by atomic mass is 10.1. The van der Waals surface area contributed by atoms with E-state index in [0.29, 0.717) is 27.6 Å². The predicted octanol–water partition coefficient (Wildman–Crippen LogP) is 3.85. The smallest absolute Gasteiger partial charge is 0.374 e. The number of halogens is 3. The van der Waals surface area contributed by atoms with Gasteiger partial charge in [0, 0.05) is 15.5 Å². The van der Waals surface area contributed by atoms with E-state index in [1.165, 1.54) is 6.07 Å². The topological polar surface area (TPSA) is 72.5 Å². The molecule has 5 nitrogen and oxygen atoms in total. The third-order valence-electron chi connectivity index (χ3n) is 3.19. The Morgan fingerprint density at radius 3 is 2.50 bits per heavy atom. The molecule has 0 radical (unpaired) electrons. The molecule has 3 rings (SSSR count). The van der Waals surface area contributed by atoms with Crippen molar-refractivity contribution in [2.24, 2.45) is 0 Å². The van der Waals surface area contributed by atoms with Crippen molar-refractivity contribution in [2.45, 2.75) is 5.51 Å². The molecule has 0 aliphatic heterocycles. The van der Waals surface area contributed by atoms with Crippen LogP contribution in [-0.4, -0.2) is 20.3 Å². The second-order valence-electron chi connectivity index (χ2n) is 4.66. The largest absolute Gasteiger partial charge is 0.534 e. The lowest BCUT2D eigenvalue weighted by Crippen LogP contribution is -2.28. The van der Waals surface area contributed by atoms with E-state index < -0.39 is 21.4 Å². The summed E-state index contributed by atoms with van der Waals surface area (Å²) in [5.74, 6) is -0.444. The van der Waals surface area contributed by atoms with Gasteiger partial charge in [-0.15, -0.1) is 11.3 Å². The Bertz CT molecular complexity index is 1040. The van der Waals surface area contributed by atoms with Gasteiger partial charge < -0.3 is 9.50 Å². The van der Waals surface area contributed by atoms with E-state index in [9.17, 15) is 26.4 Å². The summed E-state index contributed by atoms with van der Waals surface area (Å²) >= 11 is 1.07. The van der Waals surface area contributed by atoms with E-state index in [1.54, 1.807) is 24.3 Å². The molecule has 126 valence electrons. The van der Waals surface area contributed by atoms with Gasteiger partial charge in [-0.1, -0.05) is 18.2 Å². The average Bonchev–Trinajstić information content (AvgIpc) is 2.89. The maximum absolute atomic E-state index is 12.6. The maximum atomic E-state index is 12.6. The van der Waals surface area contributed by atoms with E-state index in [2.05, 4.69) is 9.50 Å². The molecule has 2 aromatic carbocycles. The van der Waals surface area contributed by atoms with Crippen LogP contribution >= 0.6 is 11.3 Å². The highest BCUT2D eigenvalue weighted by atomic mass is 32.2. The third kappa shape index (κ3) is 2.67. The monoisotopic (exact) mass is 375 g/mol. The van der Waals surface area contributed by atoms with E-state index in [4.69, 9.17) is 0 Å². The molecule has 0 saturated carbocycles. The Morgan fingerprint density at radius 1 is 1.12 bits per heavy atom. The summed E-state index contributed by atoms with van der Waals surface area (Å²) in [4.78, 5) is 10.7. The zero-order valence-electron chi connectivity index (χ0n) is 11.6. The van der Waals surface area contributed by atoms with Crippen molar-refractivity contribution in [3.63, 3.8) is 0 Å². The summed E-state index contributed by atoms with van der Waals surface area (Å²) < 4.78 is 65.4. The summed E-state index contributed by atoms with van der Waals surface area (Å²) in [5.41, 5.74) is -5.19. The highest BCUT2D eigenvalue weighted by Crippen LogP contribution is 2.44. The first kappa shape index (κ1) is 16.5. The molecule has 10 heteroatoms. The fourth-order valence-corrected chi connectivity index (χ4v) is 3.92. The average molecular weight is 375 g/mol. The van der Waals surface area contributed by atoms with Gasteiger partial charge in [-0.2, -0.15) is 21.6 Å². The lowest BCUT2D eigenvalue weighted by Gasteiger charge is -2.11. The summed E-state index contributed by atoms with van der Waals surface area (Å²) in [6.07, 6.45) is 0.425. The molecule has 0 saturated heterocycles. The van der Waals surface area contributed by atoms with Crippen LogP contribution in [-0.2, 0) is 14.9 Å². The molecular formula is C14H8F3NO4S2. The van der Waals surface area contributed by atoms with Crippen LogP contribution in [0, 0.1) is 0 Å². The Hall–Kier alpha value is -2.33. The minimum atomic E-state index is -5.79. The van der Waals surface area contributed by atoms with E-state index in [0.717, 1.165) is 17.4 Å². The van der Waals surface area contributed by atoms with E-state index in [1.807, 2.05) is 0 Å². The SMILES string of the molecule is O=CNc1ccc(OS(=O)(=O)C(F)(F)F)c2sc3ccccc3c12. The van der Waals surface area contributed by atoms with Crippen molar-refractivity contribution in [1.29, 1.82) is 0 Å². The summed E-state index contributed by atoms with van der Waals surface area (Å²) in [6.45, 7) is 0. The molecule has 0 spiro atoms. The van der Waals surface area contributed by atoms with Crippen LogP contribution in [0.25, 0.3) is 20.2 Å². The van der Waals surface area contributed by atoms with Gasteiger partial charge in [0.1, 0.15) is 0 Å². The fraction of sp³-hybridized carbons (Fsp3) is 0.0714. The lowest BCUT2D eigenvalue weighted by molar-refractivity contribution is -0.105. The number of rotatable bonds is 4. The quantitative estimate of drug-likeness (QED) is 0.427. The number of anilines is 1. The Balaban J connectivity index is 2.28. The summed E-state index contributed by atoms with van der Waals surface area (Å²) in [7, 11) is -5.79. The molecule has 0 fully saturated rings. The molecule has 0 unspecified atom stereocenters. The normalized spacial score (nSPS) is 12.5. The first-order valence-electron chi connectivity index (χ1n) is 6.40. The number of hydrogen-bond donors (Lipinski definition) is 1. The number of alkyl halides is 3. The highest BCUT2D eigenvalue weighted by molar-refractivity contribution is 7.88. The Labute approximate surface area is 137 Å². The molecular weight excluding hydrogens is 367 g/mol. The number of nitrogens with one attached hydrogen (secondary N) is 1. The summed E-state index contributed by atoms with van der Waals surface area (Å²) in [5, 5.41) is 3.53. The van der Waals surface area contributed by atoms with Crippen LogP contribution in [0.5, 0.6) is 5.75 Å². The minimum Gasteiger partial charge on any atom is -0.374 e.